The largest absolute Gasteiger partial charge is 0.293 e. The van der Waals surface area contributed by atoms with Crippen LogP contribution in [0.4, 0.5) is 8.78 Å². The van der Waals surface area contributed by atoms with Crippen LogP contribution in [0.25, 0.3) is 10.9 Å². The number of hydrogen-bond donors (Lipinski definition) is 0. The molecule has 0 N–H and O–H groups in total. The molecule has 2 aromatic rings. The van der Waals surface area contributed by atoms with E-state index in [2.05, 4.69) is 28.4 Å². The van der Waals surface area contributed by atoms with Crippen LogP contribution in [0.1, 0.15) is 51.2 Å². The first-order valence-electron chi connectivity index (χ1n) is 8.83. The molecule has 2 heterocycles. The van der Waals surface area contributed by atoms with E-state index in [0.717, 1.165) is 0 Å². The van der Waals surface area contributed by atoms with Gasteiger partial charge in [-0.3, -0.25) is 14.4 Å². The minimum absolute atomic E-state index is 0.0544. The zero-order chi connectivity index (χ0) is 19.8. The monoisotopic (exact) mass is 369 g/mol. The third-order valence-corrected chi connectivity index (χ3v) is 4.57. The van der Waals surface area contributed by atoms with Gasteiger partial charge in [0.2, 0.25) is 0 Å². The zero-order valence-electron chi connectivity index (χ0n) is 15.6. The Morgan fingerprint density at radius 3 is 2.93 bits per heavy atom. The number of aromatic nitrogens is 2. The number of rotatable bonds is 2. The number of halogens is 2. The molecule has 4 nitrogen and oxygen atoms in total. The van der Waals surface area contributed by atoms with Crippen LogP contribution in [0.15, 0.2) is 34.7 Å². The standard InChI is InChI=1S/C21H21F2N3O/c1-5-14(24-6-2)8-7-13-9-15(22)18-17(10-13)25-19-16(23)11-21(3,4)12-26(19)20(18)27/h6,9-10,16H,2,5,11-12H2,1,3-4H3. The molecule has 0 saturated heterocycles. The first kappa shape index (κ1) is 19.0. The lowest BCUT2D eigenvalue weighted by atomic mass is 9.84. The third kappa shape index (κ3) is 3.68. The van der Waals surface area contributed by atoms with Gasteiger partial charge in [0.05, 0.1) is 11.2 Å². The molecule has 0 radical (unpaired) electrons. The Bertz CT molecular complexity index is 1070. The highest BCUT2D eigenvalue weighted by molar-refractivity contribution is 6.01. The second-order valence-corrected chi connectivity index (χ2v) is 7.41. The molecule has 3 rings (SSSR count). The number of aliphatic imine (C=N–C) groups is 1. The Hall–Kier alpha value is -2.81. The summed E-state index contributed by atoms with van der Waals surface area (Å²) >= 11 is 0. The van der Waals surface area contributed by atoms with Gasteiger partial charge in [0.15, 0.2) is 6.17 Å². The molecule has 1 aliphatic rings. The second-order valence-electron chi connectivity index (χ2n) is 7.41. The van der Waals surface area contributed by atoms with Gasteiger partial charge in [0.1, 0.15) is 17.0 Å². The zero-order valence-corrected chi connectivity index (χ0v) is 15.6. The van der Waals surface area contributed by atoms with Crippen molar-refractivity contribution < 1.29 is 8.78 Å². The van der Waals surface area contributed by atoms with Crippen molar-refractivity contribution in [2.75, 3.05) is 0 Å². The summed E-state index contributed by atoms with van der Waals surface area (Å²) in [6.07, 6.45) is 0.911. The fraction of sp³-hybridized carbons (Fsp3) is 0.381. The molecule has 1 aliphatic heterocycles. The Labute approximate surface area is 156 Å². The van der Waals surface area contributed by atoms with E-state index in [9.17, 15) is 13.6 Å². The van der Waals surface area contributed by atoms with Crippen molar-refractivity contribution in [3.8, 4) is 11.8 Å². The van der Waals surface area contributed by atoms with E-state index >= 15 is 0 Å². The lowest BCUT2D eigenvalue weighted by molar-refractivity contribution is 0.137. The number of alkyl halides is 1. The maximum atomic E-state index is 14.7. The highest BCUT2D eigenvalue weighted by Crippen LogP contribution is 2.38. The molecule has 0 amide bonds. The Balaban J connectivity index is 2.18. The minimum atomic E-state index is -1.37. The number of hydrogen-bond acceptors (Lipinski definition) is 3. The van der Waals surface area contributed by atoms with E-state index in [-0.39, 0.29) is 23.1 Å². The highest BCUT2D eigenvalue weighted by atomic mass is 19.1. The van der Waals surface area contributed by atoms with Crippen LogP contribution in [0.2, 0.25) is 0 Å². The van der Waals surface area contributed by atoms with Crippen LogP contribution < -0.4 is 5.56 Å². The van der Waals surface area contributed by atoms with E-state index in [0.29, 0.717) is 24.2 Å². The van der Waals surface area contributed by atoms with Crippen molar-refractivity contribution in [3.05, 3.63) is 52.5 Å². The van der Waals surface area contributed by atoms with Gasteiger partial charge in [-0.05, 0) is 36.3 Å². The summed E-state index contributed by atoms with van der Waals surface area (Å²) in [5, 5.41) is -0.135. The van der Waals surface area contributed by atoms with Crippen LogP contribution in [-0.4, -0.2) is 15.3 Å². The molecular weight excluding hydrogens is 348 g/mol. The van der Waals surface area contributed by atoms with E-state index in [4.69, 9.17) is 0 Å². The van der Waals surface area contributed by atoms with Gasteiger partial charge in [-0.2, -0.15) is 0 Å². The molecule has 0 bridgehead atoms. The highest BCUT2D eigenvalue weighted by Gasteiger charge is 2.35. The van der Waals surface area contributed by atoms with Crippen molar-refractivity contribution in [1.29, 1.82) is 0 Å². The summed E-state index contributed by atoms with van der Waals surface area (Å²) in [4.78, 5) is 21.1. The van der Waals surface area contributed by atoms with Crippen molar-refractivity contribution in [3.63, 3.8) is 0 Å². The van der Waals surface area contributed by atoms with Gasteiger partial charge in [-0.15, -0.1) is 0 Å². The van der Waals surface area contributed by atoms with Gasteiger partial charge in [0, 0.05) is 18.3 Å². The predicted molar refractivity (Wildman–Crippen MR) is 103 cm³/mol. The molecule has 1 atom stereocenters. The second kappa shape index (κ2) is 7.07. The molecule has 1 aromatic carbocycles. The van der Waals surface area contributed by atoms with Crippen LogP contribution in [-0.2, 0) is 6.54 Å². The molecule has 27 heavy (non-hydrogen) atoms. The van der Waals surface area contributed by atoms with Crippen molar-refractivity contribution in [1.82, 2.24) is 9.55 Å². The number of nitrogens with zero attached hydrogens (tertiary/aromatic N) is 3. The number of benzene rings is 1. The van der Waals surface area contributed by atoms with E-state index < -0.39 is 23.0 Å². The average molecular weight is 369 g/mol. The number of fused-ring (bicyclic) bond motifs is 2. The summed E-state index contributed by atoms with van der Waals surface area (Å²) in [6, 6.07) is 2.72. The maximum Gasteiger partial charge on any atom is 0.264 e. The normalized spacial score (nSPS) is 18.6. The van der Waals surface area contributed by atoms with Crippen molar-refractivity contribution >= 4 is 16.6 Å². The topological polar surface area (TPSA) is 47.2 Å². The first-order chi connectivity index (χ1) is 12.8. The van der Waals surface area contributed by atoms with Crippen molar-refractivity contribution in [2.24, 2.45) is 10.4 Å². The minimum Gasteiger partial charge on any atom is -0.293 e. The van der Waals surface area contributed by atoms with Gasteiger partial charge in [-0.25, -0.2) is 13.8 Å². The molecule has 0 fully saturated rings. The Kier molecular flexibility index (Phi) is 4.97. The van der Waals surface area contributed by atoms with E-state index in [1.165, 1.54) is 22.9 Å². The molecule has 1 unspecified atom stereocenters. The summed E-state index contributed by atoms with van der Waals surface area (Å²) in [6.45, 7) is 9.49. The quantitative estimate of drug-likeness (QED) is 0.585. The Morgan fingerprint density at radius 2 is 2.26 bits per heavy atom. The van der Waals surface area contributed by atoms with E-state index in [1.54, 1.807) is 0 Å². The smallest absolute Gasteiger partial charge is 0.264 e. The molecule has 1 aromatic heterocycles. The summed E-state index contributed by atoms with van der Waals surface area (Å²) < 4.78 is 30.5. The van der Waals surface area contributed by atoms with Gasteiger partial charge in [0.25, 0.3) is 5.56 Å². The van der Waals surface area contributed by atoms with Gasteiger partial charge in [-0.1, -0.05) is 33.3 Å². The first-order valence-corrected chi connectivity index (χ1v) is 8.83. The summed E-state index contributed by atoms with van der Waals surface area (Å²) in [5.41, 5.74) is 0.138. The van der Waals surface area contributed by atoms with Crippen LogP contribution >= 0.6 is 0 Å². The Morgan fingerprint density at radius 1 is 1.52 bits per heavy atom. The van der Waals surface area contributed by atoms with Crippen LogP contribution in [0.3, 0.4) is 0 Å². The summed E-state index contributed by atoms with van der Waals surface area (Å²) in [5.74, 6) is 5.03. The van der Waals surface area contributed by atoms with Crippen molar-refractivity contribution in [2.45, 2.75) is 46.3 Å². The van der Waals surface area contributed by atoms with Crippen LogP contribution in [0.5, 0.6) is 0 Å². The molecular formula is C21H21F2N3O. The maximum absolute atomic E-state index is 14.7. The van der Waals surface area contributed by atoms with Crippen LogP contribution in [0, 0.1) is 23.1 Å². The molecule has 0 saturated carbocycles. The third-order valence-electron chi connectivity index (χ3n) is 4.57. The molecule has 140 valence electrons. The van der Waals surface area contributed by atoms with E-state index in [1.807, 2.05) is 20.8 Å². The molecule has 0 spiro atoms. The fourth-order valence-electron chi connectivity index (χ4n) is 3.31. The molecule has 0 aliphatic carbocycles. The van der Waals surface area contributed by atoms with Gasteiger partial charge >= 0.3 is 0 Å². The summed E-state index contributed by atoms with van der Waals surface area (Å²) in [7, 11) is 0. The lowest BCUT2D eigenvalue weighted by Crippen LogP contribution is -2.38. The molecule has 6 heteroatoms. The average Bonchev–Trinajstić information content (AvgIpc) is 2.59. The lowest BCUT2D eigenvalue weighted by Gasteiger charge is -2.33. The predicted octanol–water partition coefficient (Wildman–Crippen LogP) is 4.32. The fourth-order valence-corrected chi connectivity index (χ4v) is 3.31. The SMILES string of the molecule is C=CN=C(C#Cc1cc(F)c2c(=O)n3c(nc2c1)C(F)CC(C)(C)C3)CC. The van der Waals surface area contributed by atoms with Gasteiger partial charge < -0.3 is 0 Å².